The molecule has 1 fully saturated rings. The summed E-state index contributed by atoms with van der Waals surface area (Å²) in [6, 6.07) is 9.84. The summed E-state index contributed by atoms with van der Waals surface area (Å²) < 4.78 is 0. The smallest absolute Gasteiger partial charge is 0.191 e. The first-order valence-corrected chi connectivity index (χ1v) is 7.64. The normalized spacial score (nSPS) is 15.4. The van der Waals surface area contributed by atoms with Crippen LogP contribution in [0.3, 0.4) is 0 Å². The number of halogens is 2. The van der Waals surface area contributed by atoms with Gasteiger partial charge in [-0.25, -0.2) is 4.99 Å². The Morgan fingerprint density at radius 3 is 2.48 bits per heavy atom. The molecule has 1 aliphatic rings. The van der Waals surface area contributed by atoms with Crippen LogP contribution in [0.15, 0.2) is 41.5 Å². The molecule has 1 saturated heterocycles. The van der Waals surface area contributed by atoms with E-state index in [4.69, 9.17) is 17.3 Å². The number of nitrogens with zero attached hydrogens (tertiary/aromatic N) is 4. The second-order valence-electron chi connectivity index (χ2n) is 5.21. The van der Waals surface area contributed by atoms with E-state index in [1.807, 2.05) is 30.3 Å². The van der Waals surface area contributed by atoms with E-state index in [0.29, 0.717) is 12.5 Å². The van der Waals surface area contributed by atoms with Crippen LogP contribution in [0.2, 0.25) is 5.02 Å². The van der Waals surface area contributed by atoms with Gasteiger partial charge in [0.1, 0.15) is 0 Å². The molecule has 1 aromatic heterocycles. The highest BCUT2D eigenvalue weighted by Crippen LogP contribution is 2.19. The van der Waals surface area contributed by atoms with E-state index in [2.05, 4.69) is 25.0 Å². The van der Waals surface area contributed by atoms with Crippen molar-refractivity contribution in [3.63, 3.8) is 0 Å². The zero-order valence-corrected chi connectivity index (χ0v) is 15.7. The van der Waals surface area contributed by atoms with Crippen molar-refractivity contribution in [1.82, 2.24) is 15.1 Å². The number of nitrogens with two attached hydrogens (primary N) is 1. The molecule has 3 rings (SSSR count). The quantitative estimate of drug-likeness (QED) is 0.431. The molecule has 124 valence electrons. The minimum atomic E-state index is 0. The summed E-state index contributed by atoms with van der Waals surface area (Å²) in [5, 5.41) is 7.54. The largest absolute Gasteiger partial charge is 0.370 e. The number of benzene rings is 1. The lowest BCUT2D eigenvalue weighted by atomic mass is 10.2. The molecule has 0 atom stereocenters. The molecule has 0 unspecified atom stereocenters. The lowest BCUT2D eigenvalue weighted by molar-refractivity contribution is 0.380. The summed E-state index contributed by atoms with van der Waals surface area (Å²) >= 11 is 5.93. The first kappa shape index (κ1) is 17.9. The fourth-order valence-corrected chi connectivity index (χ4v) is 2.61. The Morgan fingerprint density at radius 2 is 1.87 bits per heavy atom. The van der Waals surface area contributed by atoms with Crippen molar-refractivity contribution in [2.75, 3.05) is 31.1 Å². The fourth-order valence-electron chi connectivity index (χ4n) is 2.48. The Morgan fingerprint density at radius 1 is 1.17 bits per heavy atom. The van der Waals surface area contributed by atoms with Crippen LogP contribution in [-0.4, -0.2) is 47.2 Å². The van der Waals surface area contributed by atoms with Crippen molar-refractivity contribution in [3.8, 4) is 0 Å². The average Bonchev–Trinajstić information content (AvgIpc) is 3.07. The molecule has 0 amide bonds. The van der Waals surface area contributed by atoms with E-state index in [1.54, 1.807) is 6.20 Å². The maximum atomic E-state index is 6.07. The molecule has 6 nitrogen and oxygen atoms in total. The highest BCUT2D eigenvalue weighted by Gasteiger charge is 2.18. The van der Waals surface area contributed by atoms with Crippen LogP contribution < -0.4 is 10.6 Å². The second-order valence-corrected chi connectivity index (χ2v) is 5.64. The molecule has 2 aromatic rings. The Balaban J connectivity index is 0.00000192. The molecule has 0 bridgehead atoms. The molecular formula is C15H20ClIN6. The van der Waals surface area contributed by atoms with Crippen LogP contribution in [0.5, 0.6) is 0 Å². The van der Waals surface area contributed by atoms with Gasteiger partial charge in [0.2, 0.25) is 0 Å². The van der Waals surface area contributed by atoms with Gasteiger partial charge in [0.05, 0.1) is 12.2 Å². The van der Waals surface area contributed by atoms with Crippen molar-refractivity contribution in [3.05, 3.63) is 47.2 Å². The van der Waals surface area contributed by atoms with E-state index in [0.717, 1.165) is 36.9 Å². The van der Waals surface area contributed by atoms with E-state index >= 15 is 0 Å². The van der Waals surface area contributed by atoms with Gasteiger partial charge in [0.25, 0.3) is 0 Å². The minimum absolute atomic E-state index is 0. The zero-order chi connectivity index (χ0) is 15.4. The lowest BCUT2D eigenvalue weighted by Gasteiger charge is -2.36. The Kier molecular flexibility index (Phi) is 6.52. The molecule has 0 spiro atoms. The van der Waals surface area contributed by atoms with Gasteiger partial charge in [-0.2, -0.15) is 5.10 Å². The van der Waals surface area contributed by atoms with E-state index in [9.17, 15) is 0 Å². The number of guanidine groups is 1. The van der Waals surface area contributed by atoms with Crippen LogP contribution in [0, 0.1) is 0 Å². The van der Waals surface area contributed by atoms with Gasteiger partial charge in [0.15, 0.2) is 5.96 Å². The number of H-pyrrole nitrogens is 1. The van der Waals surface area contributed by atoms with Crippen LogP contribution >= 0.6 is 35.6 Å². The third kappa shape index (κ3) is 4.74. The third-order valence-electron chi connectivity index (χ3n) is 3.77. The fraction of sp³-hybridized carbons (Fsp3) is 0.333. The summed E-state index contributed by atoms with van der Waals surface area (Å²) in [6.07, 6.45) is 1.71. The summed E-state index contributed by atoms with van der Waals surface area (Å²) in [4.78, 5) is 8.86. The molecule has 1 aromatic carbocycles. The molecule has 23 heavy (non-hydrogen) atoms. The summed E-state index contributed by atoms with van der Waals surface area (Å²) in [7, 11) is 0. The summed E-state index contributed by atoms with van der Waals surface area (Å²) in [6.45, 7) is 4.09. The number of aromatic nitrogens is 2. The first-order chi connectivity index (χ1) is 10.7. The lowest BCUT2D eigenvalue weighted by Crippen LogP contribution is -2.51. The monoisotopic (exact) mass is 446 g/mol. The Bertz CT molecular complexity index is 620. The number of piperazine rings is 1. The number of hydrogen-bond acceptors (Lipinski definition) is 3. The van der Waals surface area contributed by atoms with Crippen molar-refractivity contribution in [1.29, 1.82) is 0 Å². The van der Waals surface area contributed by atoms with Crippen LogP contribution in [-0.2, 0) is 6.54 Å². The number of aromatic amines is 1. The van der Waals surface area contributed by atoms with Crippen molar-refractivity contribution < 1.29 is 0 Å². The molecule has 0 radical (unpaired) electrons. The maximum Gasteiger partial charge on any atom is 0.191 e. The Hall–Kier alpha value is -1.48. The van der Waals surface area contributed by atoms with Crippen molar-refractivity contribution >= 4 is 47.2 Å². The SMILES string of the molecule is I.NC(=NCc1ccn[nH]1)N1CCN(c2ccc(Cl)cc2)CC1. The molecule has 2 heterocycles. The highest BCUT2D eigenvalue weighted by molar-refractivity contribution is 14.0. The second kappa shape index (κ2) is 8.39. The van der Waals surface area contributed by atoms with Gasteiger partial charge in [-0.05, 0) is 30.3 Å². The van der Waals surface area contributed by atoms with Crippen LogP contribution in [0.25, 0.3) is 0 Å². The minimum Gasteiger partial charge on any atom is -0.370 e. The maximum absolute atomic E-state index is 6.07. The van der Waals surface area contributed by atoms with Crippen LogP contribution in [0.1, 0.15) is 5.69 Å². The van der Waals surface area contributed by atoms with E-state index in [1.165, 1.54) is 5.69 Å². The van der Waals surface area contributed by atoms with Gasteiger partial charge in [-0.15, -0.1) is 24.0 Å². The molecular weight excluding hydrogens is 427 g/mol. The van der Waals surface area contributed by atoms with Gasteiger partial charge < -0.3 is 15.5 Å². The highest BCUT2D eigenvalue weighted by atomic mass is 127. The van der Waals surface area contributed by atoms with Gasteiger partial charge in [-0.1, -0.05) is 11.6 Å². The number of rotatable bonds is 3. The topological polar surface area (TPSA) is 73.5 Å². The van der Waals surface area contributed by atoms with Gasteiger partial charge in [-0.3, -0.25) is 5.10 Å². The molecule has 0 aliphatic carbocycles. The van der Waals surface area contributed by atoms with Gasteiger partial charge in [0, 0.05) is 43.1 Å². The molecule has 0 saturated carbocycles. The summed E-state index contributed by atoms with van der Waals surface area (Å²) in [5.74, 6) is 0.588. The predicted octanol–water partition coefficient (Wildman–Crippen LogP) is 2.32. The first-order valence-electron chi connectivity index (χ1n) is 7.26. The number of aliphatic imine (C=N–C) groups is 1. The number of anilines is 1. The average molecular weight is 447 g/mol. The molecule has 1 aliphatic heterocycles. The van der Waals surface area contributed by atoms with Crippen LogP contribution in [0.4, 0.5) is 5.69 Å². The van der Waals surface area contributed by atoms with E-state index < -0.39 is 0 Å². The van der Waals surface area contributed by atoms with Crippen molar-refractivity contribution in [2.45, 2.75) is 6.54 Å². The standard InChI is InChI=1S/C15H19ClN6.HI/c16-12-1-3-14(4-2-12)21-7-9-22(10-8-21)15(17)18-11-13-5-6-19-20-13;/h1-6H,7-11H2,(H2,17,18)(H,19,20);1H. The zero-order valence-electron chi connectivity index (χ0n) is 12.7. The van der Waals surface area contributed by atoms with Crippen molar-refractivity contribution in [2.24, 2.45) is 10.7 Å². The third-order valence-corrected chi connectivity index (χ3v) is 4.02. The predicted molar refractivity (Wildman–Crippen MR) is 105 cm³/mol. The Labute approximate surface area is 157 Å². The summed E-state index contributed by atoms with van der Waals surface area (Å²) in [5.41, 5.74) is 8.23. The molecule has 3 N–H and O–H groups in total. The van der Waals surface area contributed by atoms with E-state index in [-0.39, 0.29) is 24.0 Å². The number of nitrogens with one attached hydrogen (secondary N) is 1. The molecule has 8 heteroatoms. The van der Waals surface area contributed by atoms with Gasteiger partial charge >= 0.3 is 0 Å². The number of hydrogen-bond donors (Lipinski definition) is 2.